The van der Waals surface area contributed by atoms with Crippen LogP contribution in [-0.4, -0.2) is 48.9 Å². The molecule has 0 saturated heterocycles. The largest absolute Gasteiger partial charge is 0.343 e. The topological polar surface area (TPSA) is 55.9 Å². The van der Waals surface area contributed by atoms with Crippen molar-refractivity contribution in [3.8, 4) is 0 Å². The molecule has 0 aromatic carbocycles. The van der Waals surface area contributed by atoms with E-state index in [-0.39, 0.29) is 19.8 Å². The van der Waals surface area contributed by atoms with Crippen LogP contribution in [0.4, 0.5) is 0 Å². The van der Waals surface area contributed by atoms with Crippen LogP contribution in [0.5, 0.6) is 0 Å². The average molecular weight is 314 g/mol. The lowest BCUT2D eigenvalue weighted by molar-refractivity contribution is 0.448. The van der Waals surface area contributed by atoms with E-state index in [1.807, 2.05) is 0 Å². The lowest BCUT2D eigenvalue weighted by Crippen LogP contribution is -2.26. The molecule has 4 aliphatic heterocycles. The highest BCUT2D eigenvalue weighted by atomic mass is 33.1. The van der Waals surface area contributed by atoms with Gasteiger partial charge in [-0.2, -0.15) is 17.5 Å². The van der Waals surface area contributed by atoms with Crippen LogP contribution < -0.4 is 0 Å². The molecule has 0 aromatic rings. The molecule has 0 amide bonds. The highest BCUT2D eigenvalue weighted by molar-refractivity contribution is 8.62. The monoisotopic (exact) mass is 314 g/mol. The van der Waals surface area contributed by atoms with Gasteiger partial charge in [0.15, 0.2) is 0 Å². The Kier molecular flexibility index (Phi) is 4.50. The van der Waals surface area contributed by atoms with Crippen molar-refractivity contribution >= 4 is 31.7 Å². The predicted octanol–water partition coefficient (Wildman–Crippen LogP) is 2.29. The minimum Gasteiger partial charge on any atom is -0.343 e. The smallest absolute Gasteiger partial charge is 0.242 e. The molecule has 2 atom stereocenters. The normalized spacial score (nSPS) is 31.1. The molecule has 0 spiro atoms. The molecule has 20 heavy (non-hydrogen) atoms. The molecule has 0 aromatic heterocycles. The summed E-state index contributed by atoms with van der Waals surface area (Å²) in [7, 11) is 3.40. The van der Waals surface area contributed by atoms with E-state index in [9.17, 15) is 0 Å². The van der Waals surface area contributed by atoms with E-state index in [1.165, 1.54) is 38.5 Å². The first-order valence-corrected chi connectivity index (χ1v) is 10.1. The SMILES string of the molecule is CN1CCCCCCCCN(C)C2=N[S@]3=NC1=N[S@]3=N2. The highest BCUT2D eigenvalue weighted by Gasteiger charge is 2.25. The lowest BCUT2D eigenvalue weighted by atomic mass is 10.1. The van der Waals surface area contributed by atoms with E-state index in [4.69, 9.17) is 0 Å². The maximum Gasteiger partial charge on any atom is 0.242 e. The first-order valence-electron chi connectivity index (χ1n) is 7.27. The molecule has 0 saturated carbocycles. The summed E-state index contributed by atoms with van der Waals surface area (Å²) in [4.78, 5) is 4.32. The van der Waals surface area contributed by atoms with E-state index < -0.39 is 0 Å². The van der Waals surface area contributed by atoms with Gasteiger partial charge in [0, 0.05) is 27.2 Å². The van der Waals surface area contributed by atoms with Crippen LogP contribution in [0.15, 0.2) is 17.5 Å². The zero-order chi connectivity index (χ0) is 13.9. The Morgan fingerprint density at radius 3 is 1.55 bits per heavy atom. The third-order valence-electron chi connectivity index (χ3n) is 3.69. The van der Waals surface area contributed by atoms with Crippen molar-refractivity contribution in [1.29, 1.82) is 0 Å². The van der Waals surface area contributed by atoms with Crippen molar-refractivity contribution < 1.29 is 0 Å². The fourth-order valence-electron chi connectivity index (χ4n) is 2.37. The number of fused-ring (bicyclic) bond motifs is 9. The Hall–Kier alpha value is -0.760. The van der Waals surface area contributed by atoms with Gasteiger partial charge in [-0.15, -0.1) is 0 Å². The number of nitrogens with zero attached hydrogens (tertiary/aromatic N) is 6. The average Bonchev–Trinajstić information content (AvgIpc) is 2.98. The second-order valence-corrected chi connectivity index (χ2v) is 8.83. The molecule has 0 aliphatic carbocycles. The summed E-state index contributed by atoms with van der Waals surface area (Å²) < 4.78 is 18.6. The molecular formula is C12H22N6S2. The Morgan fingerprint density at radius 2 is 1.10 bits per heavy atom. The van der Waals surface area contributed by atoms with Gasteiger partial charge in [-0.3, -0.25) is 0 Å². The fourth-order valence-corrected chi connectivity index (χ4v) is 5.70. The summed E-state index contributed by atoms with van der Waals surface area (Å²) in [6.45, 7) is 2.07. The van der Waals surface area contributed by atoms with Crippen LogP contribution in [0, 0.1) is 0 Å². The maximum atomic E-state index is 4.65. The number of hydrogen-bond acceptors (Lipinski definition) is 6. The Balaban J connectivity index is 1.76. The van der Waals surface area contributed by atoms with Crippen LogP contribution in [0.2, 0.25) is 0 Å². The predicted molar refractivity (Wildman–Crippen MR) is 87.4 cm³/mol. The van der Waals surface area contributed by atoms with E-state index in [2.05, 4.69) is 41.4 Å². The quantitative estimate of drug-likeness (QED) is 0.644. The molecule has 0 N–H and O–H groups in total. The van der Waals surface area contributed by atoms with Crippen molar-refractivity contribution in [2.75, 3.05) is 27.2 Å². The van der Waals surface area contributed by atoms with Crippen LogP contribution in [0.1, 0.15) is 38.5 Å². The van der Waals surface area contributed by atoms with Crippen LogP contribution >= 0.6 is 0 Å². The van der Waals surface area contributed by atoms with Gasteiger partial charge in [0.1, 0.15) is 19.8 Å². The van der Waals surface area contributed by atoms with Gasteiger partial charge in [0.05, 0.1) is 0 Å². The summed E-state index contributed by atoms with van der Waals surface area (Å²) in [5, 5.41) is 0. The maximum absolute atomic E-state index is 4.65. The molecule has 0 fully saturated rings. The van der Waals surface area contributed by atoms with E-state index in [0.717, 1.165) is 25.0 Å². The molecule has 4 aliphatic rings. The lowest BCUT2D eigenvalue weighted by Gasteiger charge is -2.15. The van der Waals surface area contributed by atoms with E-state index >= 15 is 0 Å². The highest BCUT2D eigenvalue weighted by Crippen LogP contribution is 2.22. The van der Waals surface area contributed by atoms with E-state index in [1.54, 1.807) is 0 Å². The second-order valence-electron chi connectivity index (χ2n) is 5.39. The molecule has 112 valence electrons. The molecular weight excluding hydrogens is 292 g/mol. The molecule has 0 radical (unpaired) electrons. The van der Waals surface area contributed by atoms with Crippen molar-refractivity contribution in [3.63, 3.8) is 0 Å². The summed E-state index contributed by atoms with van der Waals surface area (Å²) in [6.07, 6.45) is 7.72. The van der Waals surface area contributed by atoms with Crippen molar-refractivity contribution in [3.05, 3.63) is 0 Å². The number of guanidine groups is 2. The van der Waals surface area contributed by atoms with Gasteiger partial charge in [0.2, 0.25) is 11.9 Å². The molecule has 4 bridgehead atoms. The van der Waals surface area contributed by atoms with Gasteiger partial charge in [0.25, 0.3) is 0 Å². The summed E-state index contributed by atoms with van der Waals surface area (Å²) in [6, 6.07) is 0. The van der Waals surface area contributed by atoms with Gasteiger partial charge >= 0.3 is 0 Å². The number of rotatable bonds is 0. The van der Waals surface area contributed by atoms with Crippen molar-refractivity contribution in [2.45, 2.75) is 38.5 Å². The first kappa shape index (κ1) is 14.2. The standard InChI is InChI=1S/C12H22N6S2/c1-17-9-7-5-3-4-6-8-10-18(2)12-15-19-13-11(17)14-20(19)16-12/h3-10H2,1-2H3/t19-,20+. The molecule has 6 nitrogen and oxygen atoms in total. The zero-order valence-electron chi connectivity index (χ0n) is 12.2. The molecule has 8 heteroatoms. The van der Waals surface area contributed by atoms with Crippen molar-refractivity contribution in [1.82, 2.24) is 9.80 Å². The minimum atomic E-state index is -0.378. The summed E-state index contributed by atoms with van der Waals surface area (Å²) in [5.41, 5.74) is 0. The fraction of sp³-hybridized carbons (Fsp3) is 0.833. The van der Waals surface area contributed by atoms with Crippen molar-refractivity contribution in [2.24, 2.45) is 17.5 Å². The number of hydrogen-bond donors (Lipinski definition) is 0. The molecule has 4 heterocycles. The van der Waals surface area contributed by atoms with Gasteiger partial charge < -0.3 is 9.80 Å². The van der Waals surface area contributed by atoms with Gasteiger partial charge in [-0.05, 0) is 12.8 Å². The molecule has 4 rings (SSSR count). The third-order valence-corrected chi connectivity index (χ3v) is 6.93. The Labute approximate surface area is 125 Å². The Bertz CT molecular complexity index is 464. The van der Waals surface area contributed by atoms with Crippen LogP contribution in [0.25, 0.3) is 0 Å². The van der Waals surface area contributed by atoms with Gasteiger partial charge in [-0.25, -0.2) is 0 Å². The van der Waals surface area contributed by atoms with Gasteiger partial charge in [-0.1, -0.05) is 25.7 Å². The summed E-state index contributed by atoms with van der Waals surface area (Å²) >= 11 is 0. The second kappa shape index (κ2) is 6.34. The zero-order valence-corrected chi connectivity index (χ0v) is 13.8. The Morgan fingerprint density at radius 1 is 0.700 bits per heavy atom. The first-order chi connectivity index (χ1) is 9.74. The van der Waals surface area contributed by atoms with Crippen LogP contribution in [0.3, 0.4) is 0 Å². The molecule has 0 unspecified atom stereocenters. The minimum absolute atomic E-state index is 0.378. The summed E-state index contributed by atoms with van der Waals surface area (Å²) in [5.74, 6) is 1.70. The van der Waals surface area contributed by atoms with Crippen LogP contribution in [-0.2, 0) is 19.8 Å². The third kappa shape index (κ3) is 3.11. The van der Waals surface area contributed by atoms with E-state index in [0.29, 0.717) is 0 Å².